The number of esters is 1. The minimum atomic E-state index is -0.541. The van der Waals surface area contributed by atoms with Crippen LogP contribution < -0.4 is 10.1 Å². The predicted molar refractivity (Wildman–Crippen MR) is 153 cm³/mol. The summed E-state index contributed by atoms with van der Waals surface area (Å²) in [7, 11) is 0. The fourth-order valence-corrected chi connectivity index (χ4v) is 4.85. The maximum absolute atomic E-state index is 13.5. The second-order valence-electron chi connectivity index (χ2n) is 9.67. The average Bonchev–Trinajstić information content (AvgIpc) is 3.46. The molecule has 1 aliphatic heterocycles. The van der Waals surface area contributed by atoms with Gasteiger partial charge in [0.05, 0.1) is 18.7 Å². The van der Waals surface area contributed by atoms with Gasteiger partial charge in [0.1, 0.15) is 23.1 Å². The van der Waals surface area contributed by atoms with E-state index >= 15 is 0 Å². The lowest BCUT2D eigenvalue weighted by atomic mass is 9.83. The first-order valence-corrected chi connectivity index (χ1v) is 13.5. The first kappa shape index (κ1) is 28.4. The van der Waals surface area contributed by atoms with Crippen LogP contribution in [-0.4, -0.2) is 29.3 Å². The molecular formula is C33H29FN2O6. The van der Waals surface area contributed by atoms with Crippen molar-refractivity contribution in [2.45, 2.75) is 32.7 Å². The SMILES string of the molecule is CCOC(=O)C1=C(C)N(Cc2ccc(C(=O)Nc3ccc(F)cc3)o2)C(=O)CC1c1cccc(Oc2ccccc2)c1. The van der Waals surface area contributed by atoms with Gasteiger partial charge < -0.3 is 24.1 Å². The third kappa shape index (κ3) is 6.41. The standard InChI is InChI=1S/C33H29FN2O6/c1-3-40-33(39)31-21(2)36(20-27-16-17-29(42-27)32(38)35-24-14-12-23(34)13-15-24)30(37)19-28(31)22-8-7-11-26(18-22)41-25-9-5-4-6-10-25/h4-18,28H,3,19-20H2,1-2H3,(H,35,38). The van der Waals surface area contributed by atoms with E-state index in [0.717, 1.165) is 5.56 Å². The van der Waals surface area contributed by atoms with Crippen LogP contribution in [0.1, 0.15) is 48.1 Å². The molecular weight excluding hydrogens is 539 g/mol. The minimum Gasteiger partial charge on any atom is -0.463 e. The summed E-state index contributed by atoms with van der Waals surface area (Å²) in [4.78, 5) is 40.8. The quantitative estimate of drug-likeness (QED) is 0.223. The molecule has 1 atom stereocenters. The van der Waals surface area contributed by atoms with Gasteiger partial charge >= 0.3 is 5.97 Å². The Morgan fingerprint density at radius 2 is 1.71 bits per heavy atom. The van der Waals surface area contributed by atoms with Crippen molar-refractivity contribution >= 4 is 23.5 Å². The van der Waals surface area contributed by atoms with Crippen LogP contribution in [0.4, 0.5) is 10.1 Å². The summed E-state index contributed by atoms with van der Waals surface area (Å²) < 4.78 is 30.3. The summed E-state index contributed by atoms with van der Waals surface area (Å²) in [5.74, 6) is -0.569. The van der Waals surface area contributed by atoms with Crippen molar-refractivity contribution in [3.8, 4) is 11.5 Å². The molecule has 0 fully saturated rings. The molecule has 5 rings (SSSR count). The number of para-hydroxylation sites is 1. The molecule has 0 saturated heterocycles. The number of nitrogens with zero attached hydrogens (tertiary/aromatic N) is 1. The summed E-state index contributed by atoms with van der Waals surface area (Å²) in [6.07, 6.45) is 0.0267. The van der Waals surface area contributed by atoms with E-state index in [1.54, 1.807) is 19.9 Å². The van der Waals surface area contributed by atoms with E-state index in [1.807, 2.05) is 54.6 Å². The van der Waals surface area contributed by atoms with Crippen molar-refractivity contribution in [1.29, 1.82) is 0 Å². The van der Waals surface area contributed by atoms with Gasteiger partial charge in [0.25, 0.3) is 5.91 Å². The Kier molecular flexibility index (Phi) is 8.47. The molecule has 1 aliphatic rings. The molecule has 4 aromatic rings. The molecule has 2 heterocycles. The molecule has 0 radical (unpaired) electrons. The smallest absolute Gasteiger partial charge is 0.336 e. The highest BCUT2D eigenvalue weighted by Gasteiger charge is 2.37. The topological polar surface area (TPSA) is 98.1 Å². The van der Waals surface area contributed by atoms with Gasteiger partial charge in [-0.2, -0.15) is 0 Å². The average molecular weight is 569 g/mol. The van der Waals surface area contributed by atoms with E-state index in [4.69, 9.17) is 13.9 Å². The van der Waals surface area contributed by atoms with Crippen molar-refractivity contribution in [1.82, 2.24) is 4.90 Å². The van der Waals surface area contributed by atoms with Gasteiger partial charge in [0.15, 0.2) is 5.76 Å². The molecule has 42 heavy (non-hydrogen) atoms. The number of ether oxygens (including phenoxy) is 2. The zero-order valence-electron chi connectivity index (χ0n) is 23.1. The van der Waals surface area contributed by atoms with Crippen LogP contribution in [0.2, 0.25) is 0 Å². The van der Waals surface area contributed by atoms with Crippen molar-refractivity contribution in [2.24, 2.45) is 0 Å². The fourth-order valence-electron chi connectivity index (χ4n) is 4.85. The van der Waals surface area contributed by atoms with E-state index in [0.29, 0.717) is 34.2 Å². The Hall–Kier alpha value is -5.18. The van der Waals surface area contributed by atoms with Gasteiger partial charge in [0.2, 0.25) is 5.91 Å². The molecule has 1 N–H and O–H groups in total. The second kappa shape index (κ2) is 12.6. The van der Waals surface area contributed by atoms with E-state index in [-0.39, 0.29) is 31.2 Å². The fraction of sp³-hybridized carbons (Fsp3) is 0.182. The molecule has 0 spiro atoms. The largest absolute Gasteiger partial charge is 0.463 e. The van der Waals surface area contributed by atoms with Crippen LogP contribution in [0.5, 0.6) is 11.5 Å². The van der Waals surface area contributed by atoms with Crippen LogP contribution >= 0.6 is 0 Å². The van der Waals surface area contributed by atoms with Crippen LogP contribution in [0.25, 0.3) is 0 Å². The van der Waals surface area contributed by atoms with Crippen LogP contribution in [0.15, 0.2) is 107 Å². The van der Waals surface area contributed by atoms with Gasteiger partial charge in [-0.25, -0.2) is 9.18 Å². The number of amides is 2. The van der Waals surface area contributed by atoms with Crippen molar-refractivity contribution in [3.05, 3.63) is 125 Å². The summed E-state index contributed by atoms with van der Waals surface area (Å²) in [6, 6.07) is 25.1. The van der Waals surface area contributed by atoms with Gasteiger partial charge in [-0.3, -0.25) is 9.59 Å². The Morgan fingerprint density at radius 1 is 0.976 bits per heavy atom. The molecule has 0 aliphatic carbocycles. The number of hydrogen-bond donors (Lipinski definition) is 1. The van der Waals surface area contributed by atoms with Crippen molar-refractivity contribution in [3.63, 3.8) is 0 Å². The van der Waals surface area contributed by atoms with Gasteiger partial charge in [-0.05, 0) is 80.1 Å². The zero-order valence-corrected chi connectivity index (χ0v) is 23.1. The number of carbonyl (C=O) groups is 3. The molecule has 1 aromatic heterocycles. The first-order valence-electron chi connectivity index (χ1n) is 13.5. The molecule has 214 valence electrons. The highest BCUT2D eigenvalue weighted by molar-refractivity contribution is 6.02. The van der Waals surface area contributed by atoms with E-state index in [9.17, 15) is 18.8 Å². The Balaban J connectivity index is 1.38. The molecule has 8 nitrogen and oxygen atoms in total. The van der Waals surface area contributed by atoms with Gasteiger partial charge in [0, 0.05) is 23.7 Å². The lowest BCUT2D eigenvalue weighted by Crippen LogP contribution is -2.38. The maximum Gasteiger partial charge on any atom is 0.336 e. The monoisotopic (exact) mass is 568 g/mol. The Morgan fingerprint density at radius 3 is 2.45 bits per heavy atom. The molecule has 3 aromatic carbocycles. The van der Waals surface area contributed by atoms with Crippen LogP contribution in [-0.2, 0) is 20.9 Å². The molecule has 9 heteroatoms. The van der Waals surface area contributed by atoms with Crippen molar-refractivity contribution in [2.75, 3.05) is 11.9 Å². The Labute approximate surface area is 242 Å². The number of allylic oxidation sites excluding steroid dienone is 1. The zero-order chi connectivity index (χ0) is 29.6. The van der Waals surface area contributed by atoms with E-state index < -0.39 is 23.6 Å². The summed E-state index contributed by atoms with van der Waals surface area (Å²) >= 11 is 0. The molecule has 2 amide bonds. The Bertz CT molecular complexity index is 1630. The predicted octanol–water partition coefficient (Wildman–Crippen LogP) is 6.82. The highest BCUT2D eigenvalue weighted by Crippen LogP contribution is 2.39. The second-order valence-corrected chi connectivity index (χ2v) is 9.67. The van der Waals surface area contributed by atoms with E-state index in [1.165, 1.54) is 35.2 Å². The number of rotatable bonds is 9. The number of furan rings is 1. The van der Waals surface area contributed by atoms with Gasteiger partial charge in [-0.1, -0.05) is 30.3 Å². The number of carbonyl (C=O) groups excluding carboxylic acids is 3. The lowest BCUT2D eigenvalue weighted by molar-refractivity contribution is -0.140. The summed E-state index contributed by atoms with van der Waals surface area (Å²) in [6.45, 7) is 3.62. The summed E-state index contributed by atoms with van der Waals surface area (Å²) in [5.41, 5.74) is 1.97. The normalized spacial score (nSPS) is 15.0. The number of benzene rings is 3. The van der Waals surface area contributed by atoms with Crippen LogP contribution in [0, 0.1) is 5.82 Å². The van der Waals surface area contributed by atoms with E-state index in [2.05, 4.69) is 5.32 Å². The lowest BCUT2D eigenvalue weighted by Gasteiger charge is -2.34. The molecule has 0 bridgehead atoms. The number of halogens is 1. The number of hydrogen-bond acceptors (Lipinski definition) is 6. The molecule has 1 unspecified atom stereocenters. The molecule has 0 saturated carbocycles. The van der Waals surface area contributed by atoms with Gasteiger partial charge in [-0.15, -0.1) is 0 Å². The third-order valence-electron chi connectivity index (χ3n) is 6.86. The summed E-state index contributed by atoms with van der Waals surface area (Å²) in [5, 5.41) is 2.64. The van der Waals surface area contributed by atoms with Crippen molar-refractivity contribution < 1.29 is 32.7 Å². The number of nitrogens with one attached hydrogen (secondary N) is 1. The van der Waals surface area contributed by atoms with Crippen LogP contribution in [0.3, 0.4) is 0 Å². The maximum atomic E-state index is 13.5. The number of anilines is 1. The third-order valence-corrected chi connectivity index (χ3v) is 6.86. The highest BCUT2D eigenvalue weighted by atomic mass is 19.1. The first-order chi connectivity index (χ1) is 20.3. The minimum absolute atomic E-state index is 0.0152.